The van der Waals surface area contributed by atoms with E-state index >= 15 is 0 Å². The molecule has 3 nitrogen and oxygen atoms in total. The minimum absolute atomic E-state index is 0.676. The lowest BCUT2D eigenvalue weighted by atomic mass is 9.79. The van der Waals surface area contributed by atoms with Crippen LogP contribution in [-0.4, -0.2) is 50.3 Å². The minimum Gasteiger partial charge on any atom is -0.383 e. The number of methoxy groups -OCH3 is 1. The molecule has 0 aromatic carbocycles. The number of hydrogen-bond donors (Lipinski definition) is 1. The maximum Gasteiger partial charge on any atom is 0.0589 e. The smallest absolute Gasteiger partial charge is 0.0589 e. The van der Waals surface area contributed by atoms with Gasteiger partial charge in [-0.05, 0) is 38.3 Å². The average Bonchev–Trinajstić information content (AvgIpc) is 2.42. The predicted molar refractivity (Wildman–Crippen MR) is 82.6 cm³/mol. The minimum atomic E-state index is 0.676. The highest BCUT2D eigenvalue weighted by molar-refractivity contribution is 4.90. The molecule has 1 aliphatic carbocycles. The summed E-state index contributed by atoms with van der Waals surface area (Å²) < 4.78 is 5.27. The molecule has 0 amide bonds. The van der Waals surface area contributed by atoms with Crippen molar-refractivity contribution in [3.63, 3.8) is 0 Å². The fraction of sp³-hybridized carbons (Fsp3) is 1.00. The Morgan fingerprint density at radius 3 is 2.58 bits per heavy atom. The van der Waals surface area contributed by atoms with Gasteiger partial charge in [-0.1, -0.05) is 33.6 Å². The molecular weight excluding hydrogens is 236 g/mol. The van der Waals surface area contributed by atoms with Crippen LogP contribution in [0.1, 0.15) is 52.9 Å². The van der Waals surface area contributed by atoms with Gasteiger partial charge in [0.15, 0.2) is 0 Å². The van der Waals surface area contributed by atoms with Gasteiger partial charge in [0.2, 0.25) is 0 Å². The molecule has 0 aromatic heterocycles. The first-order valence-electron chi connectivity index (χ1n) is 8.23. The second kappa shape index (κ2) is 9.73. The topological polar surface area (TPSA) is 24.5 Å². The van der Waals surface area contributed by atoms with Crippen LogP contribution in [0, 0.1) is 5.92 Å². The van der Waals surface area contributed by atoms with Crippen molar-refractivity contribution >= 4 is 0 Å². The summed E-state index contributed by atoms with van der Waals surface area (Å²) in [4.78, 5) is 2.62. The fourth-order valence-electron chi connectivity index (χ4n) is 3.57. The summed E-state index contributed by atoms with van der Waals surface area (Å²) in [6.07, 6.45) is 6.84. The number of nitrogens with one attached hydrogen (secondary N) is 1. The van der Waals surface area contributed by atoms with E-state index in [4.69, 9.17) is 4.74 Å². The highest BCUT2D eigenvalue weighted by Gasteiger charge is 2.32. The molecule has 0 aromatic rings. The van der Waals surface area contributed by atoms with E-state index in [0.717, 1.165) is 32.2 Å². The van der Waals surface area contributed by atoms with Crippen molar-refractivity contribution in [3.8, 4) is 0 Å². The van der Waals surface area contributed by atoms with Crippen molar-refractivity contribution in [2.24, 2.45) is 5.92 Å². The lowest BCUT2D eigenvalue weighted by Crippen LogP contribution is -2.54. The van der Waals surface area contributed by atoms with Gasteiger partial charge in [-0.3, -0.25) is 4.90 Å². The molecule has 3 heteroatoms. The van der Waals surface area contributed by atoms with Gasteiger partial charge in [0.1, 0.15) is 0 Å². The van der Waals surface area contributed by atoms with E-state index in [1.165, 1.54) is 32.1 Å². The Morgan fingerprint density at radius 2 is 2.00 bits per heavy atom. The Kier molecular flexibility index (Phi) is 8.67. The number of likely N-dealkylation sites (N-methyl/N-ethyl adjacent to an activating group) is 2. The molecule has 0 aliphatic heterocycles. The molecule has 1 rings (SSSR count). The fourth-order valence-corrected chi connectivity index (χ4v) is 3.57. The molecule has 19 heavy (non-hydrogen) atoms. The zero-order valence-electron chi connectivity index (χ0n) is 13.5. The van der Waals surface area contributed by atoms with E-state index in [2.05, 4.69) is 31.0 Å². The molecule has 0 saturated heterocycles. The third kappa shape index (κ3) is 5.41. The summed E-state index contributed by atoms with van der Waals surface area (Å²) in [6, 6.07) is 1.38. The summed E-state index contributed by atoms with van der Waals surface area (Å²) in [5.74, 6) is 0.932. The van der Waals surface area contributed by atoms with Crippen LogP contribution >= 0.6 is 0 Å². The van der Waals surface area contributed by atoms with Gasteiger partial charge in [0, 0.05) is 25.7 Å². The van der Waals surface area contributed by atoms with Crippen LogP contribution in [0.15, 0.2) is 0 Å². The molecule has 0 spiro atoms. The Hall–Kier alpha value is -0.120. The highest BCUT2D eigenvalue weighted by atomic mass is 16.5. The first kappa shape index (κ1) is 16.9. The van der Waals surface area contributed by atoms with Gasteiger partial charge >= 0.3 is 0 Å². The number of nitrogens with zero attached hydrogens (tertiary/aromatic N) is 1. The lowest BCUT2D eigenvalue weighted by molar-refractivity contribution is 0.0705. The Balaban J connectivity index is 2.62. The van der Waals surface area contributed by atoms with Crippen LogP contribution < -0.4 is 5.32 Å². The maximum absolute atomic E-state index is 5.27. The summed E-state index contributed by atoms with van der Waals surface area (Å²) in [6.45, 7) is 11.0. The Morgan fingerprint density at radius 1 is 1.21 bits per heavy atom. The Labute approximate surface area is 120 Å². The number of hydrogen-bond acceptors (Lipinski definition) is 3. The van der Waals surface area contributed by atoms with Gasteiger partial charge in [-0.25, -0.2) is 0 Å². The van der Waals surface area contributed by atoms with Crippen molar-refractivity contribution in [1.29, 1.82) is 0 Å². The van der Waals surface area contributed by atoms with Crippen molar-refractivity contribution in [2.75, 3.05) is 33.4 Å². The van der Waals surface area contributed by atoms with Gasteiger partial charge in [0.25, 0.3) is 0 Å². The van der Waals surface area contributed by atoms with E-state index < -0.39 is 0 Å². The van der Waals surface area contributed by atoms with Crippen LogP contribution in [0.2, 0.25) is 0 Å². The molecule has 0 heterocycles. The SMILES string of the molecule is CCCC1CCC(NCC)C(N(CC)CCOC)C1. The molecule has 114 valence electrons. The van der Waals surface area contributed by atoms with E-state index in [9.17, 15) is 0 Å². The van der Waals surface area contributed by atoms with Crippen molar-refractivity contribution in [2.45, 2.75) is 65.0 Å². The quantitative estimate of drug-likeness (QED) is 0.697. The molecular formula is C16H34N2O. The van der Waals surface area contributed by atoms with Crippen molar-refractivity contribution in [3.05, 3.63) is 0 Å². The summed E-state index contributed by atoms with van der Waals surface area (Å²) in [5, 5.41) is 3.71. The molecule has 3 unspecified atom stereocenters. The van der Waals surface area contributed by atoms with Crippen LogP contribution in [0.3, 0.4) is 0 Å². The largest absolute Gasteiger partial charge is 0.383 e. The van der Waals surface area contributed by atoms with E-state index in [1.807, 2.05) is 0 Å². The normalized spacial score (nSPS) is 27.9. The zero-order valence-corrected chi connectivity index (χ0v) is 13.5. The monoisotopic (exact) mass is 270 g/mol. The molecule has 1 aliphatic rings. The first-order chi connectivity index (χ1) is 9.26. The predicted octanol–water partition coefficient (Wildman–Crippen LogP) is 2.90. The molecule has 1 N–H and O–H groups in total. The van der Waals surface area contributed by atoms with E-state index in [0.29, 0.717) is 12.1 Å². The van der Waals surface area contributed by atoms with Crippen LogP contribution in [0.25, 0.3) is 0 Å². The summed E-state index contributed by atoms with van der Waals surface area (Å²) in [7, 11) is 1.80. The molecule has 1 fully saturated rings. The number of rotatable bonds is 9. The summed E-state index contributed by atoms with van der Waals surface area (Å²) in [5.41, 5.74) is 0. The zero-order chi connectivity index (χ0) is 14.1. The van der Waals surface area contributed by atoms with E-state index in [-0.39, 0.29) is 0 Å². The maximum atomic E-state index is 5.27. The van der Waals surface area contributed by atoms with E-state index in [1.54, 1.807) is 7.11 Å². The second-order valence-corrected chi connectivity index (χ2v) is 5.82. The molecule has 0 radical (unpaired) electrons. The molecule has 0 bridgehead atoms. The van der Waals surface area contributed by atoms with Crippen molar-refractivity contribution < 1.29 is 4.74 Å². The van der Waals surface area contributed by atoms with Crippen LogP contribution in [0.4, 0.5) is 0 Å². The van der Waals surface area contributed by atoms with Crippen LogP contribution in [-0.2, 0) is 4.74 Å². The van der Waals surface area contributed by atoms with Crippen molar-refractivity contribution in [1.82, 2.24) is 10.2 Å². The van der Waals surface area contributed by atoms with Gasteiger partial charge < -0.3 is 10.1 Å². The van der Waals surface area contributed by atoms with Gasteiger partial charge in [-0.15, -0.1) is 0 Å². The van der Waals surface area contributed by atoms with Gasteiger partial charge in [0.05, 0.1) is 6.61 Å². The third-order valence-electron chi connectivity index (χ3n) is 4.55. The molecule has 1 saturated carbocycles. The standard InChI is InChI=1S/C16H34N2O/c1-5-8-14-9-10-15(17-6-2)16(13-14)18(7-3)11-12-19-4/h14-17H,5-13H2,1-4H3. The second-order valence-electron chi connectivity index (χ2n) is 5.82. The number of ether oxygens (including phenoxy) is 1. The third-order valence-corrected chi connectivity index (χ3v) is 4.55. The lowest BCUT2D eigenvalue weighted by Gasteiger charge is -2.43. The van der Waals surface area contributed by atoms with Crippen LogP contribution in [0.5, 0.6) is 0 Å². The van der Waals surface area contributed by atoms with Gasteiger partial charge in [-0.2, -0.15) is 0 Å². The molecule has 3 atom stereocenters. The highest BCUT2D eigenvalue weighted by Crippen LogP contribution is 2.31. The Bertz CT molecular complexity index is 223. The first-order valence-corrected chi connectivity index (χ1v) is 8.23. The average molecular weight is 270 g/mol. The summed E-state index contributed by atoms with van der Waals surface area (Å²) >= 11 is 0.